The van der Waals surface area contributed by atoms with Gasteiger partial charge in [-0.2, -0.15) is 15.5 Å². The van der Waals surface area contributed by atoms with Crippen molar-refractivity contribution in [2.24, 2.45) is 10.4 Å². The molecule has 0 radical (unpaired) electrons. The molecule has 0 aromatic heterocycles. The lowest BCUT2D eigenvalue weighted by atomic mass is 9.68. The van der Waals surface area contributed by atoms with Gasteiger partial charge in [-0.3, -0.25) is 0 Å². The summed E-state index contributed by atoms with van der Waals surface area (Å²) in [6, 6.07) is 24.9. The summed E-state index contributed by atoms with van der Waals surface area (Å²) in [6.45, 7) is 0. The van der Waals surface area contributed by atoms with Crippen molar-refractivity contribution in [3.8, 4) is 23.4 Å². The van der Waals surface area contributed by atoms with E-state index in [-0.39, 0.29) is 5.41 Å². The third-order valence-corrected chi connectivity index (χ3v) is 6.40. The summed E-state index contributed by atoms with van der Waals surface area (Å²) in [5.41, 5.74) is 8.69. The Bertz CT molecular complexity index is 1240. The van der Waals surface area contributed by atoms with Gasteiger partial charge in [-0.1, -0.05) is 48.5 Å². The molecule has 0 bridgehead atoms. The maximum atomic E-state index is 9.44. The van der Waals surface area contributed by atoms with Gasteiger partial charge in [0.15, 0.2) is 0 Å². The molecule has 2 aliphatic rings. The summed E-state index contributed by atoms with van der Waals surface area (Å²) in [5.74, 6) is 0. The minimum atomic E-state index is -0.0977. The first kappa shape index (κ1) is 17.4. The molecule has 0 saturated carbocycles. The Morgan fingerprint density at radius 2 is 1.59 bits per heavy atom. The molecule has 1 unspecified atom stereocenters. The second-order valence-electron chi connectivity index (χ2n) is 8.03. The van der Waals surface area contributed by atoms with Crippen LogP contribution in [0.2, 0.25) is 0 Å². The van der Waals surface area contributed by atoms with Crippen LogP contribution in [0.15, 0.2) is 71.7 Å². The summed E-state index contributed by atoms with van der Waals surface area (Å²) >= 11 is 0. The highest BCUT2D eigenvalue weighted by Crippen LogP contribution is 2.47. The number of rotatable bonds is 1. The van der Waals surface area contributed by atoms with E-state index in [2.05, 4.69) is 59.7 Å². The maximum absolute atomic E-state index is 9.44. The number of nitrogens with zero attached hydrogens (tertiary/aromatic N) is 3. The molecular weight excluding hydrogens is 354 g/mol. The first-order valence-corrected chi connectivity index (χ1v) is 9.90. The second-order valence-corrected chi connectivity index (χ2v) is 8.03. The van der Waals surface area contributed by atoms with Crippen LogP contribution in [0.1, 0.15) is 34.2 Å². The molecule has 5 rings (SSSR count). The minimum Gasteiger partial charge on any atom is -0.192 e. The van der Waals surface area contributed by atoms with Gasteiger partial charge in [0.05, 0.1) is 17.3 Å². The van der Waals surface area contributed by atoms with E-state index in [1.807, 2.05) is 24.3 Å². The highest BCUT2D eigenvalue weighted by molar-refractivity contribution is 6.10. The van der Waals surface area contributed by atoms with Crippen molar-refractivity contribution in [2.75, 3.05) is 0 Å². The molecular formula is C26H19N3. The van der Waals surface area contributed by atoms with Crippen LogP contribution in [0.3, 0.4) is 0 Å². The summed E-state index contributed by atoms with van der Waals surface area (Å²) in [6.07, 6.45) is 5.95. The Balaban J connectivity index is 1.60. The molecule has 3 heteroatoms. The minimum absolute atomic E-state index is 0.0977. The van der Waals surface area contributed by atoms with E-state index < -0.39 is 0 Å². The van der Waals surface area contributed by atoms with E-state index in [1.54, 1.807) is 0 Å². The van der Waals surface area contributed by atoms with Gasteiger partial charge < -0.3 is 0 Å². The third kappa shape index (κ3) is 2.84. The highest BCUT2D eigenvalue weighted by atomic mass is 14.8. The van der Waals surface area contributed by atoms with Crippen molar-refractivity contribution in [1.29, 1.82) is 10.5 Å². The lowest BCUT2D eigenvalue weighted by Gasteiger charge is -2.35. The fourth-order valence-corrected chi connectivity index (χ4v) is 5.02. The van der Waals surface area contributed by atoms with Gasteiger partial charge in [0.1, 0.15) is 0 Å². The molecule has 1 atom stereocenters. The number of hydrogen-bond donors (Lipinski definition) is 0. The Morgan fingerprint density at radius 1 is 0.793 bits per heavy atom. The van der Waals surface area contributed by atoms with Gasteiger partial charge in [-0.25, -0.2) is 0 Å². The number of benzene rings is 3. The first-order chi connectivity index (χ1) is 14.2. The summed E-state index contributed by atoms with van der Waals surface area (Å²) in [4.78, 5) is 4.35. The predicted octanol–water partition coefficient (Wildman–Crippen LogP) is 5.23. The normalized spacial score (nSPS) is 20.7. The highest BCUT2D eigenvalue weighted by Gasteiger charge is 2.45. The molecule has 0 N–H and O–H groups in total. The maximum Gasteiger partial charge on any atom is 0.205 e. The monoisotopic (exact) mass is 373 g/mol. The largest absolute Gasteiger partial charge is 0.205 e. The molecule has 1 spiro atoms. The number of aliphatic imine (C=N–C) groups is 1. The topological polar surface area (TPSA) is 59.9 Å². The van der Waals surface area contributed by atoms with Crippen LogP contribution in [0.5, 0.6) is 0 Å². The van der Waals surface area contributed by atoms with Crippen LogP contribution in [-0.2, 0) is 19.3 Å². The van der Waals surface area contributed by atoms with Crippen LogP contribution in [0.4, 0.5) is 0 Å². The van der Waals surface area contributed by atoms with E-state index in [4.69, 9.17) is 0 Å². The number of aryl methyl sites for hydroxylation is 1. The molecule has 3 nitrogen and oxygen atoms in total. The number of hydrogen-bond acceptors (Lipinski definition) is 3. The van der Waals surface area contributed by atoms with Crippen LogP contribution in [0.25, 0.3) is 11.1 Å². The molecule has 3 aromatic carbocycles. The molecule has 0 amide bonds. The smallest absolute Gasteiger partial charge is 0.192 e. The lowest BCUT2D eigenvalue weighted by molar-refractivity contribution is 0.372. The average molecular weight is 373 g/mol. The van der Waals surface area contributed by atoms with E-state index in [0.717, 1.165) is 48.1 Å². The fourth-order valence-electron chi connectivity index (χ4n) is 5.02. The fraction of sp³-hybridized carbons (Fsp3) is 0.192. The zero-order chi connectivity index (χ0) is 19.8. The van der Waals surface area contributed by atoms with Crippen LogP contribution in [0, 0.1) is 28.2 Å². The van der Waals surface area contributed by atoms with Crippen LogP contribution < -0.4 is 0 Å². The van der Waals surface area contributed by atoms with Crippen molar-refractivity contribution in [2.45, 2.75) is 25.7 Å². The van der Waals surface area contributed by atoms with Gasteiger partial charge in [-0.05, 0) is 71.7 Å². The summed E-state index contributed by atoms with van der Waals surface area (Å²) in [7, 11) is 0. The van der Waals surface area contributed by atoms with E-state index in [1.165, 1.54) is 16.7 Å². The molecule has 3 aromatic rings. The van der Waals surface area contributed by atoms with Crippen molar-refractivity contribution >= 4 is 5.71 Å². The average Bonchev–Trinajstić information content (AvgIpc) is 3.06. The van der Waals surface area contributed by atoms with Crippen molar-refractivity contribution in [1.82, 2.24) is 0 Å². The zero-order valence-electron chi connectivity index (χ0n) is 16.0. The predicted molar refractivity (Wildman–Crippen MR) is 113 cm³/mol. The summed E-state index contributed by atoms with van der Waals surface area (Å²) in [5, 5.41) is 18.7. The molecule has 29 heavy (non-hydrogen) atoms. The molecule has 0 fully saturated rings. The van der Waals surface area contributed by atoms with E-state index >= 15 is 0 Å². The van der Waals surface area contributed by atoms with Gasteiger partial charge in [-0.15, -0.1) is 0 Å². The second kappa shape index (κ2) is 6.73. The quantitative estimate of drug-likeness (QED) is 0.549. The van der Waals surface area contributed by atoms with Gasteiger partial charge >= 0.3 is 0 Å². The Kier molecular flexibility index (Phi) is 4.04. The standard InChI is InChI=1S/C26H19N3/c27-16-18-4-3-7-20(12-18)21-8-9-23-15-26(25(29-17-28)24(23)13-21)11-10-19-5-1-2-6-22(19)14-26/h1-9,12-13H,10-11,14-15H2. The SMILES string of the molecule is N#CN=C1c2cc(-c3cccc(C#N)c3)ccc2CC12CCc1ccccc1C2. The molecule has 2 aliphatic carbocycles. The van der Waals surface area contributed by atoms with Crippen molar-refractivity contribution in [3.05, 3.63) is 94.5 Å². The molecule has 0 aliphatic heterocycles. The third-order valence-electron chi connectivity index (χ3n) is 6.40. The van der Waals surface area contributed by atoms with Gasteiger partial charge in [0, 0.05) is 11.0 Å². The van der Waals surface area contributed by atoms with Crippen molar-refractivity contribution < 1.29 is 0 Å². The zero-order valence-corrected chi connectivity index (χ0v) is 16.0. The lowest BCUT2D eigenvalue weighted by Crippen LogP contribution is -2.35. The van der Waals surface area contributed by atoms with E-state index in [0.29, 0.717) is 5.56 Å². The Morgan fingerprint density at radius 3 is 2.41 bits per heavy atom. The Hall–Kier alpha value is -3.69. The summed E-state index contributed by atoms with van der Waals surface area (Å²) < 4.78 is 0. The Labute approximate surface area is 170 Å². The number of nitriles is 2. The molecule has 0 saturated heterocycles. The van der Waals surface area contributed by atoms with Gasteiger partial charge in [0.2, 0.25) is 6.19 Å². The molecule has 138 valence electrons. The molecule has 0 heterocycles. The van der Waals surface area contributed by atoms with E-state index in [9.17, 15) is 10.5 Å². The van der Waals surface area contributed by atoms with Crippen LogP contribution in [-0.4, -0.2) is 5.71 Å². The van der Waals surface area contributed by atoms with Crippen LogP contribution >= 0.6 is 0 Å². The number of fused-ring (bicyclic) bond motifs is 2. The first-order valence-electron chi connectivity index (χ1n) is 9.90. The van der Waals surface area contributed by atoms with Crippen molar-refractivity contribution in [3.63, 3.8) is 0 Å². The van der Waals surface area contributed by atoms with Gasteiger partial charge in [0.25, 0.3) is 0 Å².